The van der Waals surface area contributed by atoms with Gasteiger partial charge in [0, 0.05) is 42.6 Å². The number of piperidine rings is 1. The number of rotatable bonds is 9. The number of aliphatic hydroxyl groups is 1. The van der Waals surface area contributed by atoms with Gasteiger partial charge >= 0.3 is 0 Å². The van der Waals surface area contributed by atoms with Gasteiger partial charge in [-0.15, -0.1) is 0 Å². The molecule has 0 saturated carbocycles. The normalized spacial score (nSPS) is 15.3. The van der Waals surface area contributed by atoms with Crippen LogP contribution in [0.15, 0.2) is 30.6 Å². The Labute approximate surface area is 209 Å². The molecule has 0 radical (unpaired) electrons. The fourth-order valence-corrected chi connectivity index (χ4v) is 5.33. The van der Waals surface area contributed by atoms with E-state index in [-0.39, 0.29) is 0 Å². The number of nitrogens with zero attached hydrogens (tertiary/aromatic N) is 4. The highest BCUT2D eigenvalue weighted by Gasteiger charge is 2.20. The van der Waals surface area contributed by atoms with E-state index in [1.54, 1.807) is 26.5 Å². The molecule has 0 aromatic carbocycles. The van der Waals surface area contributed by atoms with E-state index in [0.717, 1.165) is 72.3 Å². The van der Waals surface area contributed by atoms with Crippen molar-refractivity contribution in [3.05, 3.63) is 35.6 Å². The molecule has 186 valence electrons. The van der Waals surface area contributed by atoms with Gasteiger partial charge in [-0.1, -0.05) is 11.6 Å². The minimum atomic E-state index is 0.300. The maximum Gasteiger partial charge on any atom is 0.257 e. The average molecular weight is 498 g/mol. The van der Waals surface area contributed by atoms with Crippen LogP contribution >= 0.6 is 11.6 Å². The predicted molar refractivity (Wildman–Crippen MR) is 138 cm³/mol. The lowest BCUT2D eigenvalue weighted by Crippen LogP contribution is -2.35. The Morgan fingerprint density at radius 2 is 2.00 bits per heavy atom. The molecule has 35 heavy (non-hydrogen) atoms. The minimum absolute atomic E-state index is 0.300. The fraction of sp³-hybridized carbons (Fsp3) is 0.462. The molecular formula is C26H32ClN5O3. The predicted octanol–water partition coefficient (Wildman–Crippen LogP) is 4.73. The number of likely N-dealkylation sites (tertiary alicyclic amines) is 1. The van der Waals surface area contributed by atoms with Crippen molar-refractivity contribution in [3.63, 3.8) is 0 Å². The lowest BCUT2D eigenvalue weighted by Gasteiger charge is -2.31. The molecule has 1 fully saturated rings. The molecular weight excluding hydrogens is 466 g/mol. The van der Waals surface area contributed by atoms with Crippen LogP contribution in [0, 0.1) is 5.92 Å². The van der Waals surface area contributed by atoms with Crippen LogP contribution < -0.4 is 9.47 Å². The molecule has 0 atom stereocenters. The van der Waals surface area contributed by atoms with Gasteiger partial charge in [0.15, 0.2) is 5.75 Å². The molecule has 1 saturated heterocycles. The minimum Gasteiger partial charge on any atom is -0.491 e. The molecule has 1 aliphatic rings. The van der Waals surface area contributed by atoms with Crippen LogP contribution in [0.25, 0.3) is 33.3 Å². The topological polar surface area (TPSA) is 88.4 Å². The molecule has 4 aromatic rings. The highest BCUT2D eigenvalue weighted by molar-refractivity contribution is 6.35. The van der Waals surface area contributed by atoms with Crippen LogP contribution in [0.1, 0.15) is 25.7 Å². The molecule has 0 spiro atoms. The van der Waals surface area contributed by atoms with Crippen LogP contribution in [0.5, 0.6) is 11.6 Å². The Balaban J connectivity index is 1.43. The summed E-state index contributed by atoms with van der Waals surface area (Å²) in [5.74, 6) is 1.73. The number of pyridine rings is 2. The van der Waals surface area contributed by atoms with Gasteiger partial charge < -0.3 is 29.0 Å². The first-order valence-electron chi connectivity index (χ1n) is 12.2. The van der Waals surface area contributed by atoms with E-state index in [1.807, 2.05) is 12.1 Å². The number of hydrogen-bond donors (Lipinski definition) is 2. The molecule has 1 aliphatic heterocycles. The molecule has 4 aromatic heterocycles. The number of aromatic nitrogens is 4. The van der Waals surface area contributed by atoms with Crippen LogP contribution in [0.2, 0.25) is 5.02 Å². The van der Waals surface area contributed by atoms with Gasteiger partial charge in [-0.3, -0.25) is 0 Å². The number of H-pyrrole nitrogens is 1. The van der Waals surface area contributed by atoms with Crippen molar-refractivity contribution in [1.82, 2.24) is 24.4 Å². The third-order valence-corrected chi connectivity index (χ3v) is 7.41. The Bertz CT molecular complexity index is 1310. The number of hydrogen-bond acceptors (Lipinski definition) is 6. The second kappa shape index (κ2) is 10.4. The zero-order valence-corrected chi connectivity index (χ0v) is 21.0. The first-order valence-corrected chi connectivity index (χ1v) is 12.6. The van der Waals surface area contributed by atoms with Crippen LogP contribution in [-0.4, -0.2) is 70.0 Å². The summed E-state index contributed by atoms with van der Waals surface area (Å²) in [6.45, 7) is 4.43. The van der Waals surface area contributed by atoms with Gasteiger partial charge in [0.1, 0.15) is 11.2 Å². The van der Waals surface area contributed by atoms with E-state index in [1.165, 1.54) is 12.8 Å². The lowest BCUT2D eigenvalue weighted by molar-refractivity contribution is 0.156. The quantitative estimate of drug-likeness (QED) is 0.347. The van der Waals surface area contributed by atoms with Crippen molar-refractivity contribution in [1.29, 1.82) is 0 Å². The van der Waals surface area contributed by atoms with E-state index < -0.39 is 0 Å². The molecule has 0 aliphatic carbocycles. The maximum absolute atomic E-state index is 9.20. The monoisotopic (exact) mass is 497 g/mol. The lowest BCUT2D eigenvalue weighted by atomic mass is 9.94. The summed E-state index contributed by atoms with van der Waals surface area (Å²) in [5, 5.41) is 10.7. The number of aryl methyl sites for hydroxylation is 1. The summed E-state index contributed by atoms with van der Waals surface area (Å²) < 4.78 is 13.3. The second-order valence-electron chi connectivity index (χ2n) is 9.19. The first-order chi connectivity index (χ1) is 17.1. The Morgan fingerprint density at radius 1 is 1.17 bits per heavy atom. The number of ether oxygens (including phenoxy) is 2. The smallest absolute Gasteiger partial charge is 0.257 e. The second-order valence-corrected chi connectivity index (χ2v) is 9.60. The van der Waals surface area contributed by atoms with Crippen molar-refractivity contribution in [2.75, 3.05) is 40.5 Å². The third-order valence-electron chi connectivity index (χ3n) is 7.08. The number of fused-ring (bicyclic) bond motifs is 2. The number of halogens is 1. The van der Waals surface area contributed by atoms with Crippen molar-refractivity contribution in [2.24, 2.45) is 5.92 Å². The van der Waals surface area contributed by atoms with Crippen molar-refractivity contribution >= 4 is 33.7 Å². The fourth-order valence-electron chi connectivity index (χ4n) is 5.13. The van der Waals surface area contributed by atoms with Crippen LogP contribution in [-0.2, 0) is 6.54 Å². The number of aromatic amines is 1. The SMILES string of the molecule is COc1cc2c(nc1OC)c(-c1cc3c(Cl)ccnc3[nH]1)cn2CCCN1CCC(CCO)CC1. The van der Waals surface area contributed by atoms with E-state index in [9.17, 15) is 5.11 Å². The zero-order valence-electron chi connectivity index (χ0n) is 20.3. The Morgan fingerprint density at radius 3 is 2.71 bits per heavy atom. The van der Waals surface area contributed by atoms with Crippen LogP contribution in [0.4, 0.5) is 0 Å². The molecule has 0 bridgehead atoms. The van der Waals surface area contributed by atoms with E-state index >= 15 is 0 Å². The Kier molecular flexibility index (Phi) is 7.13. The molecule has 0 unspecified atom stereocenters. The summed E-state index contributed by atoms with van der Waals surface area (Å²) in [6.07, 6.45) is 8.15. The number of nitrogens with one attached hydrogen (secondary N) is 1. The molecule has 2 N–H and O–H groups in total. The van der Waals surface area contributed by atoms with Gasteiger partial charge in [0.25, 0.3) is 5.88 Å². The maximum atomic E-state index is 9.20. The van der Waals surface area contributed by atoms with E-state index in [0.29, 0.717) is 29.2 Å². The Hall–Kier alpha value is -2.81. The molecule has 5 rings (SSSR count). The molecule has 9 heteroatoms. The van der Waals surface area contributed by atoms with Crippen molar-refractivity contribution in [2.45, 2.75) is 32.2 Å². The van der Waals surface area contributed by atoms with Crippen molar-refractivity contribution < 1.29 is 14.6 Å². The van der Waals surface area contributed by atoms with Gasteiger partial charge in [-0.25, -0.2) is 9.97 Å². The van der Waals surface area contributed by atoms with E-state index in [2.05, 4.69) is 25.6 Å². The van der Waals surface area contributed by atoms with Gasteiger partial charge in [0.05, 0.1) is 30.5 Å². The standard InChI is InChI=1S/C26H32ClN5O3/c1-34-23-15-22-24(30-26(23)35-2)19(21-14-18-20(27)4-8-28-25(18)29-21)16-32(22)10-3-9-31-11-5-17(6-12-31)7-13-33/h4,8,14-17,33H,3,5-7,9-13H2,1-2H3,(H,28,29). The van der Waals surface area contributed by atoms with Crippen molar-refractivity contribution in [3.8, 4) is 22.9 Å². The van der Waals surface area contributed by atoms with Crippen LogP contribution in [0.3, 0.4) is 0 Å². The summed E-state index contributed by atoms with van der Waals surface area (Å²) in [4.78, 5) is 15.2. The first kappa shape index (κ1) is 23.9. The average Bonchev–Trinajstić information content (AvgIpc) is 3.46. The summed E-state index contributed by atoms with van der Waals surface area (Å²) in [7, 11) is 3.23. The largest absolute Gasteiger partial charge is 0.491 e. The third kappa shape index (κ3) is 4.83. The summed E-state index contributed by atoms with van der Waals surface area (Å²) >= 11 is 6.40. The molecule has 0 amide bonds. The van der Waals surface area contributed by atoms with E-state index in [4.69, 9.17) is 26.1 Å². The highest BCUT2D eigenvalue weighted by Crippen LogP contribution is 2.37. The summed E-state index contributed by atoms with van der Waals surface area (Å²) in [5.41, 5.74) is 4.47. The van der Waals surface area contributed by atoms with Gasteiger partial charge in [-0.05, 0) is 63.4 Å². The highest BCUT2D eigenvalue weighted by atomic mass is 35.5. The van der Waals surface area contributed by atoms with Gasteiger partial charge in [-0.2, -0.15) is 0 Å². The number of methoxy groups -OCH3 is 2. The zero-order chi connectivity index (χ0) is 24.4. The summed E-state index contributed by atoms with van der Waals surface area (Å²) in [6, 6.07) is 5.82. The van der Waals surface area contributed by atoms with Gasteiger partial charge in [0.2, 0.25) is 0 Å². The molecule has 5 heterocycles. The number of aliphatic hydroxyl groups excluding tert-OH is 1. The molecule has 8 nitrogen and oxygen atoms in total.